The lowest BCUT2D eigenvalue weighted by molar-refractivity contribution is -0.921. The minimum absolute atomic E-state index is 0. The number of aryl methyl sites for hydroxylation is 2. The van der Waals surface area contributed by atoms with Gasteiger partial charge in [-0.15, -0.1) is 0 Å². The average Bonchev–Trinajstić information content (AvgIpc) is 2.99. The Morgan fingerprint density at radius 1 is 0.977 bits per heavy atom. The Morgan fingerprint density at radius 3 is 2.30 bits per heavy atom. The first kappa shape index (κ1) is 32.7. The van der Waals surface area contributed by atoms with E-state index in [1.54, 1.807) is 4.90 Å². The van der Waals surface area contributed by atoms with Crippen LogP contribution in [0.5, 0.6) is 0 Å². The quantitative estimate of drug-likeness (QED) is 0.326. The van der Waals surface area contributed by atoms with Gasteiger partial charge < -0.3 is 42.0 Å². The number of pyridine rings is 1. The third-order valence-corrected chi connectivity index (χ3v) is 8.77. The molecule has 3 heterocycles. The van der Waals surface area contributed by atoms with Crippen molar-refractivity contribution in [3.63, 3.8) is 0 Å². The van der Waals surface area contributed by atoms with Gasteiger partial charge in [-0.3, -0.25) is 9.59 Å². The second-order valence-corrected chi connectivity index (χ2v) is 11.7. The lowest BCUT2D eigenvalue weighted by Gasteiger charge is -2.37. The molecular formula is C34H45ClN4O4. The highest BCUT2D eigenvalue weighted by atomic mass is 35.5. The molecule has 5 rings (SSSR count). The van der Waals surface area contributed by atoms with Gasteiger partial charge in [-0.25, -0.2) is 0 Å². The van der Waals surface area contributed by atoms with E-state index in [0.717, 1.165) is 99.1 Å². The number of aromatic amines is 1. The molecule has 0 aliphatic carbocycles. The topological polar surface area (TPSA) is 88.1 Å². The summed E-state index contributed by atoms with van der Waals surface area (Å²) in [5.41, 5.74) is 8.18. The van der Waals surface area contributed by atoms with E-state index in [1.807, 2.05) is 32.9 Å². The van der Waals surface area contributed by atoms with Crippen LogP contribution in [0.1, 0.15) is 58.1 Å². The van der Waals surface area contributed by atoms with Crippen LogP contribution in [-0.4, -0.2) is 63.0 Å². The summed E-state index contributed by atoms with van der Waals surface area (Å²) in [7, 11) is 0. The van der Waals surface area contributed by atoms with E-state index >= 15 is 0 Å². The number of hydrogen-bond donors (Lipinski definition) is 3. The van der Waals surface area contributed by atoms with Crippen molar-refractivity contribution in [2.75, 3.05) is 51.0 Å². The summed E-state index contributed by atoms with van der Waals surface area (Å²) in [5.74, 6) is -0.175. The lowest BCUT2D eigenvalue weighted by Crippen LogP contribution is -3.12. The first-order valence-corrected chi connectivity index (χ1v) is 15.3. The molecule has 3 N–H and O–H groups in total. The van der Waals surface area contributed by atoms with E-state index in [2.05, 4.69) is 52.5 Å². The van der Waals surface area contributed by atoms with E-state index in [9.17, 15) is 9.59 Å². The number of morpholine rings is 1. The Labute approximate surface area is 261 Å². The number of aromatic nitrogens is 1. The van der Waals surface area contributed by atoms with Gasteiger partial charge in [0, 0.05) is 60.4 Å². The van der Waals surface area contributed by atoms with Crippen molar-refractivity contribution < 1.29 is 31.6 Å². The van der Waals surface area contributed by atoms with Crippen molar-refractivity contribution in [1.82, 2.24) is 10.3 Å². The molecule has 0 spiro atoms. The number of carbonyl (C=O) groups excluding carboxylic acids is 1. The van der Waals surface area contributed by atoms with Gasteiger partial charge in [0.15, 0.2) is 0 Å². The molecule has 0 atom stereocenters. The monoisotopic (exact) mass is 608 g/mol. The van der Waals surface area contributed by atoms with Gasteiger partial charge in [0.1, 0.15) is 19.6 Å². The zero-order chi connectivity index (χ0) is 29.6. The molecule has 2 aliphatic heterocycles. The van der Waals surface area contributed by atoms with Crippen LogP contribution >= 0.6 is 0 Å². The number of rotatable bonds is 9. The Balaban J connectivity index is 0.00000423. The fourth-order valence-electron chi connectivity index (χ4n) is 6.33. The van der Waals surface area contributed by atoms with Gasteiger partial charge in [0.05, 0.1) is 13.2 Å². The highest BCUT2D eigenvalue weighted by Gasteiger charge is 2.25. The molecule has 0 radical (unpaired) electrons. The standard InChI is InChI=1S/C34H44N4O4.ClH/c1-5-38(29-10-14-41-15-11-29)32-20-28(27-8-6-26(7-9-27)22-37-12-16-42-17-13-37)19-30(25(32)4)33(39)35-21-31-23(2)18-24(3)36-34(31)40;/h6-9,18-20,29H,5,10-17,21-22H2,1-4H3,(H,35,39)(H,36,40);1H. The smallest absolute Gasteiger partial charge is 0.253 e. The van der Waals surface area contributed by atoms with Crippen LogP contribution in [0.15, 0.2) is 47.3 Å². The van der Waals surface area contributed by atoms with E-state index < -0.39 is 0 Å². The third kappa shape index (κ3) is 7.87. The molecule has 43 heavy (non-hydrogen) atoms. The van der Waals surface area contributed by atoms with Crippen molar-refractivity contribution in [1.29, 1.82) is 0 Å². The first-order valence-electron chi connectivity index (χ1n) is 15.3. The highest BCUT2D eigenvalue weighted by Crippen LogP contribution is 2.34. The van der Waals surface area contributed by atoms with Crippen molar-refractivity contribution in [3.8, 4) is 11.1 Å². The lowest BCUT2D eigenvalue weighted by atomic mass is 9.94. The number of amides is 1. The van der Waals surface area contributed by atoms with E-state index in [4.69, 9.17) is 9.47 Å². The van der Waals surface area contributed by atoms with Crippen molar-refractivity contribution >= 4 is 11.6 Å². The number of halogens is 1. The summed E-state index contributed by atoms with van der Waals surface area (Å²) in [6, 6.07) is 15.3. The molecule has 2 aliphatic rings. The number of carbonyl (C=O) groups is 1. The van der Waals surface area contributed by atoms with Gasteiger partial charge >= 0.3 is 0 Å². The predicted octanol–water partition coefficient (Wildman–Crippen LogP) is 0.322. The fourth-order valence-corrected chi connectivity index (χ4v) is 6.33. The predicted molar refractivity (Wildman–Crippen MR) is 166 cm³/mol. The summed E-state index contributed by atoms with van der Waals surface area (Å²) in [6.07, 6.45) is 1.93. The van der Waals surface area contributed by atoms with E-state index in [0.29, 0.717) is 17.2 Å². The largest absolute Gasteiger partial charge is 1.00 e. The zero-order valence-corrected chi connectivity index (χ0v) is 26.6. The third-order valence-electron chi connectivity index (χ3n) is 8.77. The molecule has 0 bridgehead atoms. The molecule has 2 fully saturated rings. The first-order chi connectivity index (χ1) is 20.3. The van der Waals surface area contributed by atoms with Gasteiger partial charge in [0.25, 0.3) is 11.5 Å². The fraction of sp³-hybridized carbons (Fsp3) is 0.471. The van der Waals surface area contributed by atoms with Crippen molar-refractivity contribution in [2.45, 2.75) is 59.7 Å². The highest BCUT2D eigenvalue weighted by molar-refractivity contribution is 5.99. The Morgan fingerprint density at radius 2 is 1.65 bits per heavy atom. The summed E-state index contributed by atoms with van der Waals surface area (Å²) in [6.45, 7) is 15.2. The summed E-state index contributed by atoms with van der Waals surface area (Å²) < 4.78 is 11.2. The van der Waals surface area contributed by atoms with Crippen LogP contribution in [0.25, 0.3) is 11.1 Å². The van der Waals surface area contributed by atoms with E-state index in [-0.39, 0.29) is 30.4 Å². The Bertz CT molecular complexity index is 1440. The normalized spacial score (nSPS) is 16.0. The van der Waals surface area contributed by atoms with Crippen LogP contribution < -0.4 is 33.1 Å². The summed E-state index contributed by atoms with van der Waals surface area (Å²) >= 11 is 0. The molecule has 3 aromatic rings. The number of nitrogens with zero attached hydrogens (tertiary/aromatic N) is 1. The molecule has 1 aromatic heterocycles. The second kappa shape index (κ2) is 15.0. The van der Waals surface area contributed by atoms with Crippen LogP contribution in [0, 0.1) is 20.8 Å². The molecule has 2 aromatic carbocycles. The molecular weight excluding hydrogens is 564 g/mol. The van der Waals surface area contributed by atoms with Crippen molar-refractivity contribution in [2.24, 2.45) is 0 Å². The van der Waals surface area contributed by atoms with E-state index in [1.165, 1.54) is 5.56 Å². The maximum atomic E-state index is 13.8. The maximum Gasteiger partial charge on any atom is 0.253 e. The Kier molecular flexibility index (Phi) is 11.4. The molecule has 0 saturated carbocycles. The average molecular weight is 609 g/mol. The number of quaternary nitrogens is 1. The second-order valence-electron chi connectivity index (χ2n) is 11.7. The van der Waals surface area contributed by atoms with Gasteiger partial charge in [-0.05, 0) is 81.0 Å². The number of anilines is 1. The number of benzene rings is 2. The minimum Gasteiger partial charge on any atom is -1.00 e. The number of ether oxygens (including phenoxy) is 2. The number of nitrogens with one attached hydrogen (secondary N) is 3. The van der Waals surface area contributed by atoms with Crippen LogP contribution in [0.4, 0.5) is 5.69 Å². The molecule has 0 unspecified atom stereocenters. The zero-order valence-electron chi connectivity index (χ0n) is 25.9. The Hall–Kier alpha value is -3.17. The number of H-pyrrole nitrogens is 1. The molecule has 2 saturated heterocycles. The van der Waals surface area contributed by atoms with Crippen LogP contribution in [0.2, 0.25) is 0 Å². The SMILES string of the molecule is CCN(c1cc(-c2ccc(C[NH+]3CCOCC3)cc2)cc(C(=O)NCc2c(C)cc(C)[nH]c2=O)c1C)C1CCOCC1.[Cl-]. The van der Waals surface area contributed by atoms with Gasteiger partial charge in [-0.2, -0.15) is 0 Å². The maximum absolute atomic E-state index is 13.8. The molecule has 8 nitrogen and oxygen atoms in total. The number of hydrogen-bond acceptors (Lipinski definition) is 5. The minimum atomic E-state index is -0.175. The van der Waals surface area contributed by atoms with Crippen LogP contribution in [0.3, 0.4) is 0 Å². The summed E-state index contributed by atoms with van der Waals surface area (Å²) in [5, 5.41) is 3.04. The van der Waals surface area contributed by atoms with Gasteiger partial charge in [-0.1, -0.05) is 24.3 Å². The van der Waals surface area contributed by atoms with Gasteiger partial charge in [0.2, 0.25) is 0 Å². The molecule has 9 heteroatoms. The van der Waals surface area contributed by atoms with Crippen molar-refractivity contribution in [3.05, 3.63) is 86.3 Å². The summed E-state index contributed by atoms with van der Waals surface area (Å²) in [4.78, 5) is 33.2. The molecule has 1 amide bonds. The molecule has 232 valence electrons. The van der Waals surface area contributed by atoms with Crippen LogP contribution in [-0.2, 0) is 22.6 Å².